The van der Waals surface area contributed by atoms with Crippen LogP contribution in [0.3, 0.4) is 0 Å². The van der Waals surface area contributed by atoms with Gasteiger partial charge in [-0.05, 0) is 12.8 Å². The van der Waals surface area contributed by atoms with Crippen LogP contribution >= 0.6 is 10.8 Å². The lowest BCUT2D eigenvalue weighted by Crippen LogP contribution is -2.12. The second kappa shape index (κ2) is 2.95. The molecular weight excluding hydrogens is 164 g/mol. The van der Waals surface area contributed by atoms with Gasteiger partial charge in [0.15, 0.2) is 10.8 Å². The van der Waals surface area contributed by atoms with E-state index in [1.807, 2.05) is 0 Å². The Morgan fingerprint density at radius 2 is 1.80 bits per heavy atom. The van der Waals surface area contributed by atoms with E-state index in [2.05, 4.69) is 0 Å². The van der Waals surface area contributed by atoms with Crippen molar-refractivity contribution in [2.24, 2.45) is 5.92 Å². The van der Waals surface area contributed by atoms with E-state index >= 15 is 0 Å². The van der Waals surface area contributed by atoms with Crippen molar-refractivity contribution in [3.8, 4) is 0 Å². The maximum absolute atomic E-state index is 10.9. The van der Waals surface area contributed by atoms with Gasteiger partial charge in [-0.3, -0.25) is 0 Å². The summed E-state index contributed by atoms with van der Waals surface area (Å²) in [5.74, 6) is 0.805. The van der Waals surface area contributed by atoms with Crippen LogP contribution in [-0.4, -0.2) is 9.13 Å². The molecule has 1 heterocycles. The predicted molar refractivity (Wildman–Crippen MR) is 46.1 cm³/mol. The SMILES string of the molecule is [O-][S+]1SC1C1CCCCC1. The summed E-state index contributed by atoms with van der Waals surface area (Å²) in [6, 6.07) is 0. The van der Waals surface area contributed by atoms with Crippen LogP contribution in [0.4, 0.5) is 0 Å². The van der Waals surface area contributed by atoms with E-state index in [0.717, 1.165) is 5.92 Å². The van der Waals surface area contributed by atoms with E-state index in [-0.39, 0.29) is 0 Å². The second-order valence-corrected chi connectivity index (χ2v) is 6.71. The molecule has 58 valence electrons. The summed E-state index contributed by atoms with van der Waals surface area (Å²) in [7, 11) is 1.19. The molecule has 0 aromatic rings. The quantitative estimate of drug-likeness (QED) is 0.347. The summed E-state index contributed by atoms with van der Waals surface area (Å²) >= 11 is 0. The van der Waals surface area contributed by atoms with Crippen molar-refractivity contribution < 1.29 is 4.55 Å². The summed E-state index contributed by atoms with van der Waals surface area (Å²) in [5.41, 5.74) is 0. The fourth-order valence-electron chi connectivity index (χ4n) is 1.71. The first-order chi connectivity index (χ1) is 4.88. The number of rotatable bonds is 1. The molecule has 0 bridgehead atoms. The van der Waals surface area contributed by atoms with Gasteiger partial charge in [0.25, 0.3) is 0 Å². The van der Waals surface area contributed by atoms with Gasteiger partial charge in [-0.2, -0.15) is 0 Å². The molecule has 0 aromatic carbocycles. The summed E-state index contributed by atoms with van der Waals surface area (Å²) in [6.07, 6.45) is 6.82. The van der Waals surface area contributed by atoms with E-state index in [4.69, 9.17) is 0 Å². The maximum atomic E-state index is 10.9. The largest absolute Gasteiger partial charge is 0.604 e. The second-order valence-electron chi connectivity index (χ2n) is 3.12. The van der Waals surface area contributed by atoms with Gasteiger partial charge in [0.2, 0.25) is 4.58 Å². The predicted octanol–water partition coefficient (Wildman–Crippen LogP) is 2.30. The monoisotopic (exact) mass is 176 g/mol. The molecule has 2 atom stereocenters. The minimum atomic E-state index is -0.480. The van der Waals surface area contributed by atoms with Crippen LogP contribution in [0.1, 0.15) is 32.1 Å². The molecule has 1 aliphatic heterocycles. The molecule has 0 N–H and O–H groups in total. The summed E-state index contributed by atoms with van der Waals surface area (Å²) < 4.78 is 11.4. The number of hydrogen-bond donors (Lipinski definition) is 0. The standard InChI is InChI=1S/C7H12OS2/c8-10-7(9-10)6-4-2-1-3-5-6/h6-7H,1-5H2. The van der Waals surface area contributed by atoms with Gasteiger partial charge in [0.05, 0.1) is 0 Å². The smallest absolute Gasteiger partial charge is 0.223 e. The molecule has 1 nitrogen and oxygen atoms in total. The zero-order chi connectivity index (χ0) is 6.97. The highest BCUT2D eigenvalue weighted by molar-refractivity contribution is 8.88. The molecule has 1 aliphatic carbocycles. The van der Waals surface area contributed by atoms with Crippen LogP contribution < -0.4 is 0 Å². The highest BCUT2D eigenvalue weighted by Crippen LogP contribution is 2.52. The van der Waals surface area contributed by atoms with Crippen molar-refractivity contribution in [3.63, 3.8) is 0 Å². The zero-order valence-electron chi connectivity index (χ0n) is 5.91. The Balaban J connectivity index is 1.81. The molecule has 2 rings (SSSR count). The van der Waals surface area contributed by atoms with Crippen molar-refractivity contribution in [2.75, 3.05) is 0 Å². The summed E-state index contributed by atoms with van der Waals surface area (Å²) in [5, 5.41) is 0. The highest BCUT2D eigenvalue weighted by atomic mass is 33.2. The van der Waals surface area contributed by atoms with Crippen LogP contribution in [0, 0.1) is 5.92 Å². The average molecular weight is 176 g/mol. The fourth-order valence-corrected chi connectivity index (χ4v) is 4.53. The van der Waals surface area contributed by atoms with Crippen LogP contribution in [0.5, 0.6) is 0 Å². The normalized spacial score (nSPS) is 41.7. The lowest BCUT2D eigenvalue weighted by atomic mass is 9.91. The minimum Gasteiger partial charge on any atom is -0.604 e. The lowest BCUT2D eigenvalue weighted by molar-refractivity contribution is 0.380. The third kappa shape index (κ3) is 1.46. The molecule has 10 heavy (non-hydrogen) atoms. The van der Waals surface area contributed by atoms with E-state index in [1.54, 1.807) is 10.8 Å². The molecule has 1 saturated carbocycles. The first-order valence-electron chi connectivity index (χ1n) is 3.95. The summed E-state index contributed by atoms with van der Waals surface area (Å²) in [6.45, 7) is 0. The fraction of sp³-hybridized carbons (Fsp3) is 1.00. The van der Waals surface area contributed by atoms with Crippen LogP contribution in [0.25, 0.3) is 0 Å². The van der Waals surface area contributed by atoms with E-state index in [0.29, 0.717) is 4.58 Å². The van der Waals surface area contributed by atoms with Crippen molar-refractivity contribution in [1.29, 1.82) is 0 Å². The van der Waals surface area contributed by atoms with Gasteiger partial charge < -0.3 is 4.55 Å². The van der Waals surface area contributed by atoms with Gasteiger partial charge >= 0.3 is 0 Å². The minimum absolute atomic E-state index is 0.480. The van der Waals surface area contributed by atoms with E-state index < -0.39 is 10.2 Å². The molecule has 2 unspecified atom stereocenters. The zero-order valence-corrected chi connectivity index (χ0v) is 7.55. The van der Waals surface area contributed by atoms with Crippen molar-refractivity contribution in [2.45, 2.75) is 36.7 Å². The van der Waals surface area contributed by atoms with Crippen molar-refractivity contribution >= 4 is 21.0 Å². The molecule has 2 aliphatic rings. The first-order valence-corrected chi connectivity index (χ1v) is 6.56. The van der Waals surface area contributed by atoms with Crippen LogP contribution in [0.15, 0.2) is 0 Å². The Bertz CT molecular complexity index is 123. The lowest BCUT2D eigenvalue weighted by Gasteiger charge is -2.16. The summed E-state index contributed by atoms with van der Waals surface area (Å²) in [4.78, 5) is 0. The van der Waals surface area contributed by atoms with Gasteiger partial charge in [0, 0.05) is 16.1 Å². The topological polar surface area (TPSA) is 23.1 Å². The van der Waals surface area contributed by atoms with Gasteiger partial charge in [-0.15, -0.1) is 0 Å². The molecular formula is C7H12OS2. The maximum Gasteiger partial charge on any atom is 0.223 e. The molecule has 0 radical (unpaired) electrons. The van der Waals surface area contributed by atoms with Gasteiger partial charge in [0.1, 0.15) is 0 Å². The van der Waals surface area contributed by atoms with Crippen LogP contribution in [-0.2, 0) is 10.2 Å². The average Bonchev–Trinajstić information content (AvgIpc) is 2.69. The third-order valence-corrected chi connectivity index (χ3v) is 5.54. The number of hydrogen-bond acceptors (Lipinski definition) is 2. The first kappa shape index (κ1) is 7.32. The molecule has 0 aromatic heterocycles. The highest BCUT2D eigenvalue weighted by Gasteiger charge is 2.51. The molecule has 3 heteroatoms. The Kier molecular flexibility index (Phi) is 2.16. The molecule has 0 amide bonds. The Morgan fingerprint density at radius 1 is 1.20 bits per heavy atom. The van der Waals surface area contributed by atoms with E-state index in [1.165, 1.54) is 32.1 Å². The Hall–Kier alpha value is 0.660. The molecule has 2 fully saturated rings. The molecule has 1 saturated heterocycles. The Morgan fingerprint density at radius 3 is 2.30 bits per heavy atom. The van der Waals surface area contributed by atoms with E-state index in [9.17, 15) is 4.55 Å². The van der Waals surface area contributed by atoms with Crippen molar-refractivity contribution in [3.05, 3.63) is 0 Å². The van der Waals surface area contributed by atoms with Crippen LogP contribution in [0.2, 0.25) is 0 Å². The third-order valence-electron chi connectivity index (χ3n) is 2.38. The van der Waals surface area contributed by atoms with Gasteiger partial charge in [-0.1, -0.05) is 19.3 Å². The Labute approximate surface area is 68.5 Å². The van der Waals surface area contributed by atoms with Gasteiger partial charge in [-0.25, -0.2) is 0 Å². The molecule has 0 spiro atoms. The van der Waals surface area contributed by atoms with Crippen molar-refractivity contribution in [1.82, 2.24) is 0 Å².